The molecule has 0 radical (unpaired) electrons. The van der Waals surface area contributed by atoms with Gasteiger partial charge in [-0.1, -0.05) is 20.8 Å². The van der Waals surface area contributed by atoms with Crippen molar-refractivity contribution in [2.45, 2.75) is 27.2 Å². The Balaban J connectivity index is 3.10. The van der Waals surface area contributed by atoms with E-state index >= 15 is 0 Å². The topological polar surface area (TPSA) is 38.0 Å². The zero-order valence-corrected chi connectivity index (χ0v) is 8.06. The van der Waals surface area contributed by atoms with Gasteiger partial charge in [-0.25, -0.2) is 0 Å². The standard InChI is InChI=1S/C9H22N2/c1-8(2)6-11-7-9(3)4-5-10/h8-9,11H,4-7,10H2,1-3H3. The highest BCUT2D eigenvalue weighted by molar-refractivity contribution is 4.58. The van der Waals surface area contributed by atoms with Crippen LogP contribution < -0.4 is 11.1 Å². The molecule has 0 bridgehead atoms. The van der Waals surface area contributed by atoms with E-state index in [9.17, 15) is 0 Å². The number of hydrogen-bond acceptors (Lipinski definition) is 2. The van der Waals surface area contributed by atoms with Crippen LogP contribution in [0, 0.1) is 11.8 Å². The summed E-state index contributed by atoms with van der Waals surface area (Å²) in [6, 6.07) is 0. The van der Waals surface area contributed by atoms with Crippen LogP contribution in [0.15, 0.2) is 0 Å². The molecule has 2 heteroatoms. The molecule has 0 aliphatic heterocycles. The second-order valence-electron chi connectivity index (χ2n) is 3.73. The SMILES string of the molecule is CC(C)CNCC(C)CCN. The Kier molecular flexibility index (Phi) is 6.57. The van der Waals surface area contributed by atoms with Gasteiger partial charge in [-0.05, 0) is 37.9 Å². The van der Waals surface area contributed by atoms with Crippen LogP contribution in [-0.2, 0) is 0 Å². The third-order valence-electron chi connectivity index (χ3n) is 1.70. The zero-order valence-electron chi connectivity index (χ0n) is 8.06. The lowest BCUT2D eigenvalue weighted by Crippen LogP contribution is -2.26. The molecule has 0 saturated carbocycles. The van der Waals surface area contributed by atoms with Crippen LogP contribution in [0.1, 0.15) is 27.2 Å². The molecular weight excluding hydrogens is 136 g/mol. The van der Waals surface area contributed by atoms with Crippen molar-refractivity contribution in [1.29, 1.82) is 0 Å². The highest BCUT2D eigenvalue weighted by Crippen LogP contribution is 1.97. The predicted molar refractivity (Wildman–Crippen MR) is 50.5 cm³/mol. The summed E-state index contributed by atoms with van der Waals surface area (Å²) in [4.78, 5) is 0. The third-order valence-corrected chi connectivity index (χ3v) is 1.70. The van der Waals surface area contributed by atoms with Gasteiger partial charge in [0, 0.05) is 0 Å². The first-order valence-corrected chi connectivity index (χ1v) is 4.57. The molecule has 3 N–H and O–H groups in total. The van der Waals surface area contributed by atoms with Gasteiger partial charge in [0.05, 0.1) is 0 Å². The molecular formula is C9H22N2. The summed E-state index contributed by atoms with van der Waals surface area (Å²) in [5, 5.41) is 3.41. The first-order valence-electron chi connectivity index (χ1n) is 4.57. The highest BCUT2D eigenvalue weighted by Gasteiger charge is 1.99. The second kappa shape index (κ2) is 6.62. The summed E-state index contributed by atoms with van der Waals surface area (Å²) in [6.45, 7) is 9.72. The summed E-state index contributed by atoms with van der Waals surface area (Å²) < 4.78 is 0. The number of nitrogens with two attached hydrogens (primary N) is 1. The van der Waals surface area contributed by atoms with Crippen molar-refractivity contribution < 1.29 is 0 Å². The minimum atomic E-state index is 0.721. The Morgan fingerprint density at radius 1 is 1.18 bits per heavy atom. The Morgan fingerprint density at radius 3 is 2.27 bits per heavy atom. The molecule has 0 aliphatic rings. The molecule has 68 valence electrons. The first kappa shape index (κ1) is 10.9. The van der Waals surface area contributed by atoms with E-state index in [1.807, 2.05) is 0 Å². The van der Waals surface area contributed by atoms with Crippen LogP contribution in [0.5, 0.6) is 0 Å². The van der Waals surface area contributed by atoms with Gasteiger partial charge in [-0.3, -0.25) is 0 Å². The molecule has 1 atom stereocenters. The average Bonchev–Trinajstić information content (AvgIpc) is 1.87. The molecule has 0 saturated heterocycles. The van der Waals surface area contributed by atoms with E-state index in [4.69, 9.17) is 5.73 Å². The number of hydrogen-bond donors (Lipinski definition) is 2. The van der Waals surface area contributed by atoms with Crippen LogP contribution in [0.2, 0.25) is 0 Å². The molecule has 0 aromatic rings. The van der Waals surface area contributed by atoms with Crippen LogP contribution in [-0.4, -0.2) is 19.6 Å². The quantitative estimate of drug-likeness (QED) is 0.610. The summed E-state index contributed by atoms with van der Waals surface area (Å²) in [5.74, 6) is 1.47. The predicted octanol–water partition coefficient (Wildman–Crippen LogP) is 1.22. The molecule has 2 nitrogen and oxygen atoms in total. The summed E-state index contributed by atoms with van der Waals surface area (Å²) in [7, 11) is 0. The lowest BCUT2D eigenvalue weighted by atomic mass is 10.1. The van der Waals surface area contributed by atoms with E-state index in [1.165, 1.54) is 0 Å². The largest absolute Gasteiger partial charge is 0.330 e. The number of nitrogens with one attached hydrogen (secondary N) is 1. The Hall–Kier alpha value is -0.0800. The molecule has 0 heterocycles. The van der Waals surface area contributed by atoms with Gasteiger partial charge < -0.3 is 11.1 Å². The van der Waals surface area contributed by atoms with E-state index in [0.717, 1.165) is 37.9 Å². The molecule has 1 unspecified atom stereocenters. The maximum atomic E-state index is 5.43. The molecule has 0 aromatic heterocycles. The van der Waals surface area contributed by atoms with Crippen molar-refractivity contribution in [2.75, 3.05) is 19.6 Å². The van der Waals surface area contributed by atoms with Crippen LogP contribution >= 0.6 is 0 Å². The van der Waals surface area contributed by atoms with E-state index in [1.54, 1.807) is 0 Å². The van der Waals surface area contributed by atoms with Gasteiger partial charge in [0.2, 0.25) is 0 Å². The van der Waals surface area contributed by atoms with Gasteiger partial charge in [-0.2, -0.15) is 0 Å². The maximum Gasteiger partial charge on any atom is -0.00226 e. The van der Waals surface area contributed by atoms with Gasteiger partial charge >= 0.3 is 0 Å². The minimum absolute atomic E-state index is 0.721. The molecule has 0 rings (SSSR count). The Labute approximate surface area is 70.5 Å². The number of rotatable bonds is 6. The molecule has 0 amide bonds. The van der Waals surface area contributed by atoms with E-state index in [2.05, 4.69) is 26.1 Å². The Bertz CT molecular complexity index is 81.6. The second-order valence-corrected chi connectivity index (χ2v) is 3.73. The first-order chi connectivity index (χ1) is 5.16. The van der Waals surface area contributed by atoms with Crippen molar-refractivity contribution in [1.82, 2.24) is 5.32 Å². The maximum absolute atomic E-state index is 5.43. The lowest BCUT2D eigenvalue weighted by molar-refractivity contribution is 0.458. The van der Waals surface area contributed by atoms with E-state index in [-0.39, 0.29) is 0 Å². The van der Waals surface area contributed by atoms with E-state index in [0.29, 0.717) is 0 Å². The lowest BCUT2D eigenvalue weighted by Gasteiger charge is -2.12. The fourth-order valence-electron chi connectivity index (χ4n) is 1.00. The van der Waals surface area contributed by atoms with Crippen molar-refractivity contribution in [3.8, 4) is 0 Å². The van der Waals surface area contributed by atoms with Crippen LogP contribution in [0.3, 0.4) is 0 Å². The minimum Gasteiger partial charge on any atom is -0.330 e. The third kappa shape index (κ3) is 7.82. The zero-order chi connectivity index (χ0) is 8.69. The summed E-state index contributed by atoms with van der Waals surface area (Å²) in [6.07, 6.45) is 1.13. The van der Waals surface area contributed by atoms with Crippen molar-refractivity contribution >= 4 is 0 Å². The fourth-order valence-corrected chi connectivity index (χ4v) is 1.00. The van der Waals surface area contributed by atoms with E-state index < -0.39 is 0 Å². The van der Waals surface area contributed by atoms with Gasteiger partial charge in [-0.15, -0.1) is 0 Å². The summed E-state index contributed by atoms with van der Waals surface area (Å²) in [5.41, 5.74) is 5.43. The molecule has 0 spiro atoms. The average molecular weight is 158 g/mol. The molecule has 0 aromatic carbocycles. The van der Waals surface area contributed by atoms with Crippen LogP contribution in [0.4, 0.5) is 0 Å². The van der Waals surface area contributed by atoms with Gasteiger partial charge in [0.1, 0.15) is 0 Å². The van der Waals surface area contributed by atoms with Crippen molar-refractivity contribution in [3.63, 3.8) is 0 Å². The van der Waals surface area contributed by atoms with Crippen LogP contribution in [0.25, 0.3) is 0 Å². The fraction of sp³-hybridized carbons (Fsp3) is 1.00. The van der Waals surface area contributed by atoms with Gasteiger partial charge in [0.25, 0.3) is 0 Å². The highest BCUT2D eigenvalue weighted by atomic mass is 14.9. The van der Waals surface area contributed by atoms with Crippen molar-refractivity contribution in [3.05, 3.63) is 0 Å². The van der Waals surface area contributed by atoms with Gasteiger partial charge in [0.15, 0.2) is 0 Å². The normalized spacial score (nSPS) is 13.9. The Morgan fingerprint density at radius 2 is 1.82 bits per heavy atom. The molecule has 0 fully saturated rings. The smallest absolute Gasteiger partial charge is 0.00226 e. The molecule has 0 aliphatic carbocycles. The van der Waals surface area contributed by atoms with Crippen molar-refractivity contribution in [2.24, 2.45) is 17.6 Å². The molecule has 11 heavy (non-hydrogen) atoms. The monoisotopic (exact) mass is 158 g/mol. The summed E-state index contributed by atoms with van der Waals surface area (Å²) >= 11 is 0.